The lowest BCUT2D eigenvalue weighted by atomic mass is 10.2. The van der Waals surface area contributed by atoms with Crippen molar-refractivity contribution < 1.29 is 4.74 Å². The smallest absolute Gasteiger partial charge is 0.262 e. The third-order valence-electron chi connectivity index (χ3n) is 4.04. The van der Waals surface area contributed by atoms with Crippen molar-refractivity contribution in [3.8, 4) is 0 Å². The summed E-state index contributed by atoms with van der Waals surface area (Å²) in [6, 6.07) is 9.23. The molecule has 3 heterocycles. The van der Waals surface area contributed by atoms with Crippen LogP contribution in [0, 0.1) is 0 Å². The molecule has 3 aromatic heterocycles. The third-order valence-corrected chi connectivity index (χ3v) is 5.85. The van der Waals surface area contributed by atoms with Crippen molar-refractivity contribution in [2.45, 2.75) is 23.1 Å². The van der Waals surface area contributed by atoms with E-state index in [4.69, 9.17) is 9.72 Å². The number of ether oxygens (including phenoxy) is 1. The van der Waals surface area contributed by atoms with E-state index < -0.39 is 0 Å². The molecular weight excluding hydrogens is 368 g/mol. The van der Waals surface area contributed by atoms with Gasteiger partial charge in [0.25, 0.3) is 5.56 Å². The molecule has 0 aliphatic heterocycles. The summed E-state index contributed by atoms with van der Waals surface area (Å²) >= 11 is 2.95. The van der Waals surface area contributed by atoms with Gasteiger partial charge in [-0.25, -0.2) is 15.0 Å². The molecule has 6 nitrogen and oxygen atoms in total. The van der Waals surface area contributed by atoms with Gasteiger partial charge in [0.2, 0.25) is 0 Å². The highest BCUT2D eigenvalue weighted by molar-refractivity contribution is 7.99. The minimum Gasteiger partial charge on any atom is -0.383 e. The largest absolute Gasteiger partial charge is 0.383 e. The Morgan fingerprint density at radius 3 is 2.92 bits per heavy atom. The third kappa shape index (κ3) is 3.00. The Morgan fingerprint density at radius 1 is 1.23 bits per heavy atom. The number of nitrogens with zero attached hydrogens (tertiary/aromatic N) is 4. The molecule has 4 aromatic rings. The zero-order valence-electron chi connectivity index (χ0n) is 14.2. The average molecular weight is 384 g/mol. The Balaban J connectivity index is 1.91. The van der Waals surface area contributed by atoms with Crippen LogP contribution in [0.5, 0.6) is 0 Å². The van der Waals surface area contributed by atoms with Crippen LogP contribution < -0.4 is 5.56 Å². The molecule has 26 heavy (non-hydrogen) atoms. The standard InChI is InChI=1S/C18H16N4O2S2/c1-11(9-24-2)22-17(23)12-5-3-4-6-14(12)21-18(22)26-16-13-7-8-25-15(13)19-10-20-16/h3-8,10-11H,9H2,1-2H3. The van der Waals surface area contributed by atoms with Crippen molar-refractivity contribution in [2.24, 2.45) is 0 Å². The van der Waals surface area contributed by atoms with Crippen molar-refractivity contribution in [1.82, 2.24) is 19.5 Å². The zero-order chi connectivity index (χ0) is 18.1. The number of benzene rings is 1. The van der Waals surface area contributed by atoms with Gasteiger partial charge in [0, 0.05) is 12.5 Å². The van der Waals surface area contributed by atoms with E-state index >= 15 is 0 Å². The second kappa shape index (κ2) is 7.14. The van der Waals surface area contributed by atoms with Crippen LogP contribution in [-0.4, -0.2) is 33.2 Å². The van der Waals surface area contributed by atoms with Crippen LogP contribution in [0.4, 0.5) is 0 Å². The van der Waals surface area contributed by atoms with Crippen LogP contribution in [0.1, 0.15) is 13.0 Å². The highest BCUT2D eigenvalue weighted by Crippen LogP contribution is 2.33. The minimum absolute atomic E-state index is 0.0710. The van der Waals surface area contributed by atoms with E-state index in [0.29, 0.717) is 22.7 Å². The topological polar surface area (TPSA) is 69.9 Å². The molecule has 0 spiro atoms. The van der Waals surface area contributed by atoms with E-state index in [1.807, 2.05) is 36.6 Å². The Bertz CT molecular complexity index is 1140. The van der Waals surface area contributed by atoms with E-state index in [-0.39, 0.29) is 11.6 Å². The van der Waals surface area contributed by atoms with Gasteiger partial charge in [-0.1, -0.05) is 12.1 Å². The van der Waals surface area contributed by atoms with Gasteiger partial charge in [-0.15, -0.1) is 11.3 Å². The molecule has 0 radical (unpaired) electrons. The summed E-state index contributed by atoms with van der Waals surface area (Å²) in [5.74, 6) is 0. The highest BCUT2D eigenvalue weighted by atomic mass is 32.2. The molecule has 1 atom stereocenters. The fourth-order valence-electron chi connectivity index (χ4n) is 2.84. The van der Waals surface area contributed by atoms with Crippen LogP contribution >= 0.6 is 23.1 Å². The summed E-state index contributed by atoms with van der Waals surface area (Å²) in [6.07, 6.45) is 1.54. The molecule has 4 rings (SSSR count). The first-order valence-electron chi connectivity index (χ1n) is 8.05. The molecule has 1 unspecified atom stereocenters. The van der Waals surface area contributed by atoms with Crippen molar-refractivity contribution >= 4 is 44.2 Å². The predicted molar refractivity (Wildman–Crippen MR) is 104 cm³/mol. The molecule has 0 fully saturated rings. The molecule has 0 saturated carbocycles. The van der Waals surface area contributed by atoms with E-state index in [1.54, 1.807) is 35.4 Å². The first kappa shape index (κ1) is 17.1. The predicted octanol–water partition coefficient (Wildman–Crippen LogP) is 3.76. The quantitative estimate of drug-likeness (QED) is 0.385. The number of methoxy groups -OCH3 is 1. The van der Waals surface area contributed by atoms with Gasteiger partial charge >= 0.3 is 0 Å². The molecule has 0 aliphatic carbocycles. The van der Waals surface area contributed by atoms with Gasteiger partial charge in [0.1, 0.15) is 16.2 Å². The zero-order valence-corrected chi connectivity index (χ0v) is 15.9. The SMILES string of the molecule is COCC(C)n1c(Sc2ncnc3sccc23)nc2ccccc2c1=O. The molecule has 0 bridgehead atoms. The van der Waals surface area contributed by atoms with Gasteiger partial charge in [0.15, 0.2) is 5.16 Å². The number of thiophene rings is 1. The Hall–Kier alpha value is -2.29. The molecule has 0 aliphatic rings. The Kier molecular flexibility index (Phi) is 4.71. The lowest BCUT2D eigenvalue weighted by Crippen LogP contribution is -2.28. The number of fused-ring (bicyclic) bond motifs is 2. The molecule has 0 N–H and O–H groups in total. The lowest BCUT2D eigenvalue weighted by Gasteiger charge is -2.18. The van der Waals surface area contributed by atoms with Crippen molar-refractivity contribution in [2.75, 3.05) is 13.7 Å². The number of hydrogen-bond acceptors (Lipinski definition) is 7. The van der Waals surface area contributed by atoms with Gasteiger partial charge < -0.3 is 4.74 Å². The van der Waals surface area contributed by atoms with Gasteiger partial charge in [-0.2, -0.15) is 0 Å². The molecule has 8 heteroatoms. The monoisotopic (exact) mass is 384 g/mol. The first-order chi connectivity index (χ1) is 12.7. The normalized spacial score (nSPS) is 12.7. The molecule has 0 saturated heterocycles. The van der Waals surface area contributed by atoms with Crippen LogP contribution in [0.15, 0.2) is 57.0 Å². The van der Waals surface area contributed by atoms with Crippen LogP contribution in [0.3, 0.4) is 0 Å². The first-order valence-corrected chi connectivity index (χ1v) is 9.75. The molecule has 0 amide bonds. The number of hydrogen-bond donors (Lipinski definition) is 0. The van der Waals surface area contributed by atoms with Gasteiger partial charge in [-0.05, 0) is 42.3 Å². The Morgan fingerprint density at radius 2 is 2.08 bits per heavy atom. The van der Waals surface area contributed by atoms with Crippen molar-refractivity contribution in [1.29, 1.82) is 0 Å². The second-order valence-corrected chi connectivity index (χ2v) is 7.66. The number of aromatic nitrogens is 4. The van der Waals surface area contributed by atoms with Gasteiger partial charge in [-0.3, -0.25) is 9.36 Å². The maximum absolute atomic E-state index is 13.1. The summed E-state index contributed by atoms with van der Waals surface area (Å²) in [5, 5.41) is 4.94. The number of rotatable bonds is 5. The molecule has 132 valence electrons. The summed E-state index contributed by atoms with van der Waals surface area (Å²) in [6.45, 7) is 2.37. The fraction of sp³-hybridized carbons (Fsp3) is 0.222. The fourth-order valence-corrected chi connectivity index (χ4v) is 4.69. The molecular formula is C18H16N4O2S2. The lowest BCUT2D eigenvalue weighted by molar-refractivity contribution is 0.156. The van der Waals surface area contributed by atoms with E-state index in [0.717, 1.165) is 15.2 Å². The second-order valence-electron chi connectivity index (χ2n) is 5.81. The van der Waals surface area contributed by atoms with Crippen LogP contribution in [0.25, 0.3) is 21.1 Å². The van der Waals surface area contributed by atoms with Crippen molar-refractivity contribution in [3.05, 3.63) is 52.4 Å². The van der Waals surface area contributed by atoms with Crippen LogP contribution in [-0.2, 0) is 4.74 Å². The summed E-state index contributed by atoms with van der Waals surface area (Å²) in [4.78, 5) is 27.4. The average Bonchev–Trinajstić information content (AvgIpc) is 3.12. The number of para-hydroxylation sites is 1. The molecule has 1 aromatic carbocycles. The Labute approximate surface area is 157 Å². The summed E-state index contributed by atoms with van der Waals surface area (Å²) < 4.78 is 6.96. The van der Waals surface area contributed by atoms with Crippen molar-refractivity contribution in [3.63, 3.8) is 0 Å². The minimum atomic E-state index is -0.146. The summed E-state index contributed by atoms with van der Waals surface area (Å²) in [7, 11) is 1.63. The summed E-state index contributed by atoms with van der Waals surface area (Å²) in [5.41, 5.74) is 0.606. The van der Waals surface area contributed by atoms with Gasteiger partial charge in [0.05, 0.1) is 23.6 Å². The highest BCUT2D eigenvalue weighted by Gasteiger charge is 2.18. The van der Waals surface area contributed by atoms with E-state index in [9.17, 15) is 4.79 Å². The van der Waals surface area contributed by atoms with E-state index in [1.165, 1.54) is 11.8 Å². The van der Waals surface area contributed by atoms with Crippen LogP contribution in [0.2, 0.25) is 0 Å². The maximum Gasteiger partial charge on any atom is 0.262 e. The van der Waals surface area contributed by atoms with E-state index in [2.05, 4.69) is 9.97 Å². The maximum atomic E-state index is 13.1.